The Labute approximate surface area is 99.6 Å². The largest absolute Gasteiger partial charge is 0.395 e. The highest BCUT2D eigenvalue weighted by molar-refractivity contribution is 5.99. The quantitative estimate of drug-likeness (QED) is 0.616. The van der Waals surface area contributed by atoms with Crippen LogP contribution in [0.3, 0.4) is 0 Å². The summed E-state index contributed by atoms with van der Waals surface area (Å²) in [7, 11) is 1.55. The molecule has 0 aliphatic heterocycles. The fourth-order valence-corrected chi connectivity index (χ4v) is 1.51. The van der Waals surface area contributed by atoms with Crippen molar-refractivity contribution in [3.05, 3.63) is 11.3 Å². The minimum atomic E-state index is -0.250. The number of H-pyrrole nitrogens is 1. The fourth-order valence-electron chi connectivity index (χ4n) is 1.51. The van der Waals surface area contributed by atoms with Crippen LogP contribution in [0.5, 0.6) is 0 Å². The van der Waals surface area contributed by atoms with E-state index in [9.17, 15) is 4.79 Å². The van der Waals surface area contributed by atoms with Gasteiger partial charge in [-0.15, -0.1) is 0 Å². The van der Waals surface area contributed by atoms with Gasteiger partial charge >= 0.3 is 0 Å². The van der Waals surface area contributed by atoms with Crippen LogP contribution >= 0.6 is 0 Å². The molecule has 0 saturated carbocycles. The zero-order valence-corrected chi connectivity index (χ0v) is 10.1. The number of anilines is 1. The Kier molecular flexibility index (Phi) is 4.92. The average molecular weight is 242 g/mol. The number of aryl methyl sites for hydroxylation is 1. The van der Waals surface area contributed by atoms with Crippen LogP contribution in [0.2, 0.25) is 0 Å². The van der Waals surface area contributed by atoms with E-state index in [1.807, 2.05) is 0 Å². The molecule has 0 unspecified atom stereocenters. The van der Waals surface area contributed by atoms with Crippen LogP contribution in [-0.4, -0.2) is 59.5 Å². The van der Waals surface area contributed by atoms with Gasteiger partial charge in [0.05, 0.1) is 13.2 Å². The number of carbonyl (C=O) groups is 1. The normalized spacial score (nSPS) is 10.5. The van der Waals surface area contributed by atoms with Crippen LogP contribution in [-0.2, 0) is 4.74 Å². The molecule has 7 heteroatoms. The van der Waals surface area contributed by atoms with Gasteiger partial charge in [-0.1, -0.05) is 0 Å². The monoisotopic (exact) mass is 242 g/mol. The summed E-state index contributed by atoms with van der Waals surface area (Å²) in [6.07, 6.45) is 0. The number of amides is 1. The van der Waals surface area contributed by atoms with Gasteiger partial charge in [-0.2, -0.15) is 5.10 Å². The summed E-state index contributed by atoms with van der Waals surface area (Å²) in [5, 5.41) is 15.4. The van der Waals surface area contributed by atoms with Gasteiger partial charge in [0.2, 0.25) is 0 Å². The number of hydrogen-bond acceptors (Lipinski definition) is 5. The van der Waals surface area contributed by atoms with Gasteiger partial charge in [-0.05, 0) is 6.92 Å². The summed E-state index contributed by atoms with van der Waals surface area (Å²) >= 11 is 0. The number of aliphatic hydroxyl groups excluding tert-OH is 1. The third-order valence-corrected chi connectivity index (χ3v) is 2.41. The van der Waals surface area contributed by atoms with Gasteiger partial charge < -0.3 is 20.5 Å². The van der Waals surface area contributed by atoms with Crippen molar-refractivity contribution in [3.63, 3.8) is 0 Å². The molecule has 1 rings (SSSR count). The van der Waals surface area contributed by atoms with E-state index in [0.717, 1.165) is 0 Å². The lowest BCUT2D eigenvalue weighted by atomic mass is 10.2. The molecule has 0 atom stereocenters. The zero-order valence-electron chi connectivity index (χ0n) is 10.1. The van der Waals surface area contributed by atoms with Crippen LogP contribution in [0.15, 0.2) is 0 Å². The number of nitrogens with one attached hydrogen (secondary N) is 1. The van der Waals surface area contributed by atoms with Gasteiger partial charge in [-0.25, -0.2) is 0 Å². The molecule has 1 aromatic heterocycles. The Hall–Kier alpha value is -1.60. The number of carbonyl (C=O) groups excluding carboxylic acids is 1. The molecule has 0 spiro atoms. The van der Waals surface area contributed by atoms with Crippen LogP contribution in [0.25, 0.3) is 0 Å². The molecule has 1 heterocycles. The highest BCUT2D eigenvalue weighted by atomic mass is 16.5. The SMILES string of the molecule is COCCN(CCO)C(=O)c1c(N)n[nH]c1C. The maximum Gasteiger partial charge on any atom is 0.259 e. The second-order valence-corrected chi connectivity index (χ2v) is 3.62. The molecule has 7 nitrogen and oxygen atoms in total. The Morgan fingerprint density at radius 1 is 1.59 bits per heavy atom. The second-order valence-electron chi connectivity index (χ2n) is 3.62. The Morgan fingerprint density at radius 2 is 2.29 bits per heavy atom. The molecular formula is C10H18N4O3. The van der Waals surface area contributed by atoms with E-state index in [-0.39, 0.29) is 24.9 Å². The van der Waals surface area contributed by atoms with E-state index >= 15 is 0 Å². The van der Waals surface area contributed by atoms with Crippen molar-refractivity contribution >= 4 is 11.7 Å². The lowest BCUT2D eigenvalue weighted by Crippen LogP contribution is -2.36. The molecule has 0 fully saturated rings. The van der Waals surface area contributed by atoms with Crippen molar-refractivity contribution < 1.29 is 14.6 Å². The van der Waals surface area contributed by atoms with Crippen molar-refractivity contribution in [2.24, 2.45) is 0 Å². The maximum absolute atomic E-state index is 12.2. The lowest BCUT2D eigenvalue weighted by Gasteiger charge is -2.21. The zero-order chi connectivity index (χ0) is 12.8. The Morgan fingerprint density at radius 3 is 2.76 bits per heavy atom. The summed E-state index contributed by atoms with van der Waals surface area (Å²) in [6, 6.07) is 0. The summed E-state index contributed by atoms with van der Waals surface area (Å²) in [6.45, 7) is 2.67. The number of aliphatic hydroxyl groups is 1. The highest BCUT2D eigenvalue weighted by Gasteiger charge is 2.21. The molecule has 4 N–H and O–H groups in total. The molecule has 0 radical (unpaired) electrons. The summed E-state index contributed by atoms with van der Waals surface area (Å²) < 4.78 is 4.92. The lowest BCUT2D eigenvalue weighted by molar-refractivity contribution is 0.0657. The first kappa shape index (κ1) is 13.5. The summed E-state index contributed by atoms with van der Waals surface area (Å²) in [5.74, 6) is -0.0762. The molecule has 1 amide bonds. The maximum atomic E-state index is 12.2. The second kappa shape index (κ2) is 6.21. The van der Waals surface area contributed by atoms with Crippen LogP contribution in [0.1, 0.15) is 16.1 Å². The molecular weight excluding hydrogens is 224 g/mol. The molecule has 17 heavy (non-hydrogen) atoms. The minimum absolute atomic E-state index is 0.105. The third kappa shape index (κ3) is 3.18. The first-order valence-corrected chi connectivity index (χ1v) is 5.31. The summed E-state index contributed by atoms with van der Waals surface area (Å²) in [5.41, 5.74) is 6.60. The van der Waals surface area contributed by atoms with Crippen molar-refractivity contribution in [1.82, 2.24) is 15.1 Å². The van der Waals surface area contributed by atoms with Crippen LogP contribution < -0.4 is 5.73 Å². The smallest absolute Gasteiger partial charge is 0.259 e. The number of nitrogens with two attached hydrogens (primary N) is 1. The first-order valence-electron chi connectivity index (χ1n) is 5.31. The number of hydrogen-bond donors (Lipinski definition) is 3. The van der Waals surface area contributed by atoms with Crippen molar-refractivity contribution in [2.45, 2.75) is 6.92 Å². The predicted molar refractivity (Wildman–Crippen MR) is 62.6 cm³/mol. The molecule has 1 aromatic rings. The number of aromatic amines is 1. The number of rotatable bonds is 6. The molecule has 0 saturated heterocycles. The highest BCUT2D eigenvalue weighted by Crippen LogP contribution is 2.15. The van der Waals surface area contributed by atoms with Crippen molar-refractivity contribution in [1.29, 1.82) is 0 Å². The molecule has 0 bridgehead atoms. The van der Waals surface area contributed by atoms with E-state index in [0.29, 0.717) is 24.4 Å². The Balaban J connectivity index is 2.83. The third-order valence-electron chi connectivity index (χ3n) is 2.41. The number of aromatic nitrogens is 2. The average Bonchev–Trinajstić information content (AvgIpc) is 2.63. The molecule has 0 aromatic carbocycles. The van der Waals surface area contributed by atoms with Crippen LogP contribution in [0.4, 0.5) is 5.82 Å². The first-order chi connectivity index (χ1) is 8.11. The van der Waals surface area contributed by atoms with Gasteiger partial charge in [0.1, 0.15) is 5.56 Å². The van der Waals surface area contributed by atoms with E-state index < -0.39 is 0 Å². The van der Waals surface area contributed by atoms with E-state index in [4.69, 9.17) is 15.6 Å². The number of ether oxygens (including phenoxy) is 1. The topological polar surface area (TPSA) is 104 Å². The van der Waals surface area contributed by atoms with E-state index in [2.05, 4.69) is 10.2 Å². The van der Waals surface area contributed by atoms with Crippen molar-refractivity contribution in [2.75, 3.05) is 39.1 Å². The molecule has 0 aliphatic rings. The standard InChI is InChI=1S/C10H18N4O3/c1-7-8(9(11)13-12-7)10(16)14(3-5-15)4-6-17-2/h15H,3-6H2,1-2H3,(H3,11,12,13). The summed E-state index contributed by atoms with van der Waals surface area (Å²) in [4.78, 5) is 13.6. The minimum Gasteiger partial charge on any atom is -0.395 e. The number of nitrogens with zero attached hydrogens (tertiary/aromatic N) is 2. The van der Waals surface area contributed by atoms with Crippen LogP contribution in [0, 0.1) is 6.92 Å². The Bertz CT molecular complexity index is 358. The van der Waals surface area contributed by atoms with Gasteiger partial charge in [0.15, 0.2) is 5.82 Å². The number of methoxy groups -OCH3 is 1. The van der Waals surface area contributed by atoms with Gasteiger partial charge in [-0.3, -0.25) is 9.89 Å². The molecule has 0 aliphatic carbocycles. The van der Waals surface area contributed by atoms with Crippen molar-refractivity contribution in [3.8, 4) is 0 Å². The predicted octanol–water partition coefficient (Wildman–Crippen LogP) is -0.619. The fraction of sp³-hybridized carbons (Fsp3) is 0.600. The van der Waals surface area contributed by atoms with Gasteiger partial charge in [0.25, 0.3) is 5.91 Å². The number of nitrogen functional groups attached to an aromatic ring is 1. The van der Waals surface area contributed by atoms with E-state index in [1.165, 1.54) is 4.90 Å². The van der Waals surface area contributed by atoms with E-state index in [1.54, 1.807) is 14.0 Å². The molecule has 96 valence electrons. The van der Waals surface area contributed by atoms with Gasteiger partial charge in [0, 0.05) is 25.9 Å².